The van der Waals surface area contributed by atoms with Crippen LogP contribution >= 0.6 is 11.6 Å². The van der Waals surface area contributed by atoms with Gasteiger partial charge in [-0.05, 0) is 65.2 Å². The zero-order valence-electron chi connectivity index (χ0n) is 23.1. The number of carbonyl (C=O) groups excluding carboxylic acids is 3. The third-order valence-corrected chi connectivity index (χ3v) is 9.10. The summed E-state index contributed by atoms with van der Waals surface area (Å²) in [6.07, 6.45) is 5.43. The molecule has 0 radical (unpaired) electrons. The van der Waals surface area contributed by atoms with Crippen LogP contribution in [0.2, 0.25) is 5.02 Å². The number of hydrogen-bond donors (Lipinski definition) is 1. The standard InChI is InChI=1S/C36H27ClN2O4/c1-2-21-43-24-17-15-23(16-18-24)32(40)30-31(33(41)26-11-5-7-13-28(26)37)39-20-19-22-9-3-4-10-25(22)34(39)36(30)27-12-6-8-14-29(27)38-35(36)42/h2-20,30-31,34H,1,21H2,(H,38,42)/t30-,31-,34-,36-/m1/s1. The van der Waals surface area contributed by atoms with Gasteiger partial charge in [-0.3, -0.25) is 14.4 Å². The third-order valence-electron chi connectivity index (χ3n) is 8.77. The fraction of sp³-hybridized carbons (Fsp3) is 0.139. The van der Waals surface area contributed by atoms with Crippen LogP contribution in [-0.4, -0.2) is 35.0 Å². The molecule has 4 aromatic rings. The van der Waals surface area contributed by atoms with E-state index in [-0.39, 0.29) is 22.5 Å². The number of ketones is 2. The number of rotatable bonds is 7. The van der Waals surface area contributed by atoms with E-state index < -0.39 is 23.4 Å². The van der Waals surface area contributed by atoms with Crippen LogP contribution in [0.3, 0.4) is 0 Å². The Labute approximate surface area is 254 Å². The van der Waals surface area contributed by atoms with Crippen molar-refractivity contribution in [1.82, 2.24) is 4.90 Å². The van der Waals surface area contributed by atoms with E-state index in [0.717, 1.165) is 11.1 Å². The third kappa shape index (κ3) is 3.97. The summed E-state index contributed by atoms with van der Waals surface area (Å²) in [5.41, 5.74) is 2.40. The molecular formula is C36H27ClN2O4. The summed E-state index contributed by atoms with van der Waals surface area (Å²) >= 11 is 6.58. The quantitative estimate of drug-likeness (QED) is 0.189. The van der Waals surface area contributed by atoms with Gasteiger partial charge in [0.1, 0.15) is 23.8 Å². The predicted octanol–water partition coefficient (Wildman–Crippen LogP) is 6.89. The van der Waals surface area contributed by atoms with Gasteiger partial charge in [0.25, 0.3) is 0 Å². The monoisotopic (exact) mass is 586 g/mol. The maximum Gasteiger partial charge on any atom is 0.238 e. The lowest BCUT2D eigenvalue weighted by molar-refractivity contribution is -0.122. The van der Waals surface area contributed by atoms with Crippen LogP contribution < -0.4 is 10.1 Å². The molecule has 1 saturated heterocycles. The summed E-state index contributed by atoms with van der Waals surface area (Å²) in [7, 11) is 0. The van der Waals surface area contributed by atoms with Crippen LogP contribution in [0.5, 0.6) is 5.75 Å². The second kappa shape index (κ2) is 10.4. The largest absolute Gasteiger partial charge is 0.490 e. The van der Waals surface area contributed by atoms with E-state index in [1.807, 2.05) is 65.7 Å². The number of para-hydroxylation sites is 1. The molecule has 4 aromatic carbocycles. The van der Waals surface area contributed by atoms with Gasteiger partial charge in [0, 0.05) is 23.0 Å². The zero-order chi connectivity index (χ0) is 29.7. The molecule has 0 aromatic heterocycles. The van der Waals surface area contributed by atoms with Crippen molar-refractivity contribution in [2.75, 3.05) is 11.9 Å². The maximum absolute atomic E-state index is 14.9. The van der Waals surface area contributed by atoms with Gasteiger partial charge in [0.05, 0.1) is 17.0 Å². The molecule has 43 heavy (non-hydrogen) atoms. The number of benzene rings is 4. The van der Waals surface area contributed by atoms with E-state index in [1.165, 1.54) is 0 Å². The molecule has 0 saturated carbocycles. The van der Waals surface area contributed by atoms with E-state index in [1.54, 1.807) is 54.6 Å². The minimum Gasteiger partial charge on any atom is -0.490 e. The molecule has 7 heteroatoms. The molecule has 1 fully saturated rings. The van der Waals surface area contributed by atoms with Crippen LogP contribution in [0.4, 0.5) is 5.69 Å². The second-order valence-electron chi connectivity index (χ2n) is 10.9. The predicted molar refractivity (Wildman–Crippen MR) is 166 cm³/mol. The van der Waals surface area contributed by atoms with Crippen molar-refractivity contribution in [1.29, 1.82) is 0 Å². The fourth-order valence-corrected chi connectivity index (χ4v) is 7.27. The van der Waals surface area contributed by atoms with Crippen molar-refractivity contribution in [3.05, 3.63) is 149 Å². The van der Waals surface area contributed by atoms with Crippen LogP contribution in [0, 0.1) is 5.92 Å². The van der Waals surface area contributed by atoms with E-state index in [4.69, 9.17) is 16.3 Å². The highest BCUT2D eigenvalue weighted by Gasteiger charge is 2.70. The molecule has 0 aliphatic carbocycles. The maximum atomic E-state index is 14.9. The molecule has 212 valence electrons. The minimum atomic E-state index is -1.41. The van der Waals surface area contributed by atoms with E-state index in [2.05, 4.69) is 11.9 Å². The van der Waals surface area contributed by atoms with Crippen LogP contribution in [0.1, 0.15) is 43.4 Å². The topological polar surface area (TPSA) is 75.7 Å². The number of anilines is 1. The lowest BCUT2D eigenvalue weighted by Gasteiger charge is -2.38. The molecule has 6 nitrogen and oxygen atoms in total. The molecule has 3 aliphatic heterocycles. The molecule has 1 amide bonds. The van der Waals surface area contributed by atoms with Crippen LogP contribution in [0.25, 0.3) is 6.08 Å². The molecule has 1 spiro atoms. The molecule has 1 N–H and O–H groups in total. The Balaban J connectivity index is 1.49. The number of carbonyl (C=O) groups is 3. The van der Waals surface area contributed by atoms with E-state index in [9.17, 15) is 14.4 Å². The molecular weight excluding hydrogens is 560 g/mol. The molecule has 7 rings (SSSR count). The van der Waals surface area contributed by atoms with E-state index >= 15 is 0 Å². The Kier molecular flexibility index (Phi) is 6.51. The van der Waals surface area contributed by atoms with Gasteiger partial charge in [-0.2, -0.15) is 0 Å². The minimum absolute atomic E-state index is 0.289. The average Bonchev–Trinajstić information content (AvgIpc) is 3.52. The van der Waals surface area contributed by atoms with Gasteiger partial charge in [-0.15, -0.1) is 0 Å². The number of hydrogen-bond acceptors (Lipinski definition) is 5. The Morgan fingerprint density at radius 2 is 1.65 bits per heavy atom. The Morgan fingerprint density at radius 1 is 0.930 bits per heavy atom. The van der Waals surface area contributed by atoms with Crippen LogP contribution in [0.15, 0.2) is 116 Å². The highest BCUT2D eigenvalue weighted by atomic mass is 35.5. The summed E-state index contributed by atoms with van der Waals surface area (Å²) in [6.45, 7) is 4.01. The fourth-order valence-electron chi connectivity index (χ4n) is 7.04. The molecule has 0 bridgehead atoms. The van der Waals surface area contributed by atoms with Crippen molar-refractivity contribution in [2.45, 2.75) is 17.5 Å². The summed E-state index contributed by atoms with van der Waals surface area (Å²) in [5.74, 6) is -1.45. The molecule has 3 aliphatic rings. The summed E-state index contributed by atoms with van der Waals surface area (Å²) < 4.78 is 5.64. The summed E-state index contributed by atoms with van der Waals surface area (Å²) in [5, 5.41) is 3.35. The molecule has 3 heterocycles. The van der Waals surface area contributed by atoms with Gasteiger partial charge in [0.2, 0.25) is 5.91 Å². The lowest BCUT2D eigenvalue weighted by atomic mass is 9.62. The summed E-state index contributed by atoms with van der Waals surface area (Å²) in [4.78, 5) is 46.0. The number of halogens is 1. The van der Waals surface area contributed by atoms with Gasteiger partial charge in [-0.1, -0.05) is 78.9 Å². The highest BCUT2D eigenvalue weighted by Crippen LogP contribution is 2.62. The highest BCUT2D eigenvalue weighted by molar-refractivity contribution is 6.34. The normalized spacial score (nSPS) is 22.9. The first-order chi connectivity index (χ1) is 21.0. The molecule has 4 atom stereocenters. The first kappa shape index (κ1) is 26.9. The number of ether oxygens (including phenoxy) is 1. The number of Topliss-reactive ketones (excluding diaryl/α,β-unsaturated/α-hetero) is 2. The van der Waals surface area contributed by atoms with Crippen molar-refractivity contribution >= 4 is 40.8 Å². The van der Waals surface area contributed by atoms with Gasteiger partial charge in [0.15, 0.2) is 11.6 Å². The Hall–Kier alpha value is -4.94. The first-order valence-electron chi connectivity index (χ1n) is 14.1. The van der Waals surface area contributed by atoms with Crippen LogP contribution in [-0.2, 0) is 10.2 Å². The van der Waals surface area contributed by atoms with Gasteiger partial charge >= 0.3 is 0 Å². The van der Waals surface area contributed by atoms with Crippen molar-refractivity contribution < 1.29 is 19.1 Å². The van der Waals surface area contributed by atoms with Gasteiger partial charge in [-0.25, -0.2) is 0 Å². The number of nitrogens with one attached hydrogen (secondary N) is 1. The van der Waals surface area contributed by atoms with Crippen molar-refractivity contribution in [3.8, 4) is 5.75 Å². The molecule has 0 unspecified atom stereocenters. The smallest absolute Gasteiger partial charge is 0.238 e. The number of amides is 1. The second-order valence-corrected chi connectivity index (χ2v) is 11.3. The van der Waals surface area contributed by atoms with E-state index in [0.29, 0.717) is 34.7 Å². The van der Waals surface area contributed by atoms with Gasteiger partial charge < -0.3 is 15.0 Å². The number of nitrogens with zero attached hydrogens (tertiary/aromatic N) is 1. The summed E-state index contributed by atoms with van der Waals surface area (Å²) in [6, 6.07) is 27.3. The lowest BCUT2D eigenvalue weighted by Crippen LogP contribution is -2.49. The Bertz CT molecular complexity index is 1830. The average molecular weight is 587 g/mol. The SMILES string of the molecule is C=CCOc1ccc(C(=O)[C@H]2[C@H](C(=O)c3ccccc3Cl)N3C=Cc4ccccc4[C@@H]3[C@]23C(=O)Nc2ccccc23)cc1. The van der Waals surface area contributed by atoms with Crippen molar-refractivity contribution in [2.24, 2.45) is 5.92 Å². The zero-order valence-corrected chi connectivity index (χ0v) is 23.8. The first-order valence-corrected chi connectivity index (χ1v) is 14.5. The van der Waals surface area contributed by atoms with Crippen molar-refractivity contribution in [3.63, 3.8) is 0 Å². The Morgan fingerprint density at radius 3 is 2.44 bits per heavy atom. The number of fused-ring (bicyclic) bond motifs is 6.